The van der Waals surface area contributed by atoms with Crippen molar-refractivity contribution in [1.82, 2.24) is 9.97 Å². The van der Waals surface area contributed by atoms with Crippen molar-refractivity contribution in [2.45, 2.75) is 6.10 Å². The molecule has 1 aliphatic rings. The van der Waals surface area contributed by atoms with Crippen LogP contribution in [0.1, 0.15) is 11.7 Å². The summed E-state index contributed by atoms with van der Waals surface area (Å²) in [5.74, 6) is 0.863. The van der Waals surface area contributed by atoms with E-state index in [1.165, 1.54) is 0 Å². The van der Waals surface area contributed by atoms with Crippen LogP contribution in [0.15, 0.2) is 48.7 Å². The topological polar surface area (TPSA) is 38.2 Å². The molecule has 1 atom stereocenters. The SMILES string of the molecule is Clc1ccc([C@H]2CN(c3cnc4ccccc4n3)CCO2)cc1Cl. The standard InChI is InChI=1S/C18H15Cl2N3O/c19-13-6-5-12(9-14(13)20)17-11-23(7-8-24-17)18-10-21-15-3-1-2-4-16(15)22-18/h1-6,9-10,17H,7-8,11H2/t17-/m1/s1. The maximum atomic E-state index is 6.13. The van der Waals surface area contributed by atoms with Gasteiger partial charge in [-0.25, -0.2) is 4.98 Å². The van der Waals surface area contributed by atoms with Gasteiger partial charge in [0.25, 0.3) is 0 Å². The van der Waals surface area contributed by atoms with Gasteiger partial charge in [0.15, 0.2) is 0 Å². The van der Waals surface area contributed by atoms with Gasteiger partial charge in [-0.2, -0.15) is 0 Å². The van der Waals surface area contributed by atoms with Gasteiger partial charge in [-0.3, -0.25) is 4.98 Å². The van der Waals surface area contributed by atoms with Crippen LogP contribution in [0.2, 0.25) is 10.0 Å². The first-order valence-corrected chi connectivity index (χ1v) is 8.49. The fraction of sp³-hybridized carbons (Fsp3) is 0.222. The highest BCUT2D eigenvalue weighted by Crippen LogP contribution is 2.30. The van der Waals surface area contributed by atoms with Crippen LogP contribution in [0.4, 0.5) is 5.82 Å². The van der Waals surface area contributed by atoms with Crippen molar-refractivity contribution < 1.29 is 4.74 Å². The fourth-order valence-corrected chi connectivity index (χ4v) is 3.18. The number of benzene rings is 2. The summed E-state index contributed by atoms with van der Waals surface area (Å²) >= 11 is 12.1. The number of anilines is 1. The Kier molecular flexibility index (Phi) is 4.27. The molecule has 1 fully saturated rings. The summed E-state index contributed by atoms with van der Waals surface area (Å²) in [4.78, 5) is 11.4. The predicted octanol–water partition coefficient (Wildman–Crippen LogP) is 4.51. The van der Waals surface area contributed by atoms with Gasteiger partial charge in [0.05, 0.1) is 33.9 Å². The lowest BCUT2D eigenvalue weighted by atomic mass is 10.1. The molecule has 1 aromatic heterocycles. The minimum atomic E-state index is -0.0678. The molecule has 0 amide bonds. The fourth-order valence-electron chi connectivity index (χ4n) is 2.87. The number of fused-ring (bicyclic) bond motifs is 1. The van der Waals surface area contributed by atoms with E-state index in [0.29, 0.717) is 23.2 Å². The van der Waals surface area contributed by atoms with E-state index >= 15 is 0 Å². The minimum absolute atomic E-state index is 0.0678. The molecule has 0 radical (unpaired) electrons. The highest BCUT2D eigenvalue weighted by Gasteiger charge is 2.23. The normalized spacial score (nSPS) is 18.1. The summed E-state index contributed by atoms with van der Waals surface area (Å²) in [6.07, 6.45) is 1.75. The number of ether oxygens (including phenoxy) is 1. The number of morpholine rings is 1. The van der Waals surface area contributed by atoms with E-state index in [9.17, 15) is 0 Å². The zero-order valence-electron chi connectivity index (χ0n) is 12.8. The Hall–Kier alpha value is -1.88. The van der Waals surface area contributed by atoms with Crippen LogP contribution >= 0.6 is 23.2 Å². The van der Waals surface area contributed by atoms with Crippen molar-refractivity contribution >= 4 is 40.1 Å². The molecule has 24 heavy (non-hydrogen) atoms. The lowest BCUT2D eigenvalue weighted by molar-refractivity contribution is 0.0395. The van der Waals surface area contributed by atoms with Gasteiger partial charge in [0, 0.05) is 13.1 Å². The third-order valence-corrected chi connectivity index (χ3v) is 4.88. The van der Waals surface area contributed by atoms with E-state index in [-0.39, 0.29) is 6.10 Å². The summed E-state index contributed by atoms with van der Waals surface area (Å²) in [6.45, 7) is 2.11. The summed E-state index contributed by atoms with van der Waals surface area (Å²) < 4.78 is 5.91. The number of hydrogen-bond donors (Lipinski definition) is 0. The largest absolute Gasteiger partial charge is 0.370 e. The average Bonchev–Trinajstić information content (AvgIpc) is 2.64. The Morgan fingerprint density at radius 1 is 1.04 bits per heavy atom. The van der Waals surface area contributed by atoms with Gasteiger partial charge in [0.1, 0.15) is 11.9 Å². The number of hydrogen-bond acceptors (Lipinski definition) is 4. The van der Waals surface area contributed by atoms with Crippen molar-refractivity contribution in [3.63, 3.8) is 0 Å². The second-order valence-electron chi connectivity index (χ2n) is 5.70. The maximum Gasteiger partial charge on any atom is 0.148 e. The van der Waals surface area contributed by atoms with Crippen LogP contribution in [-0.2, 0) is 4.74 Å². The lowest BCUT2D eigenvalue weighted by Gasteiger charge is -2.34. The van der Waals surface area contributed by atoms with E-state index in [1.54, 1.807) is 6.07 Å². The van der Waals surface area contributed by atoms with Gasteiger partial charge in [0.2, 0.25) is 0 Å². The minimum Gasteiger partial charge on any atom is -0.370 e. The second-order valence-corrected chi connectivity index (χ2v) is 6.51. The van der Waals surface area contributed by atoms with Gasteiger partial charge in [-0.15, -0.1) is 0 Å². The number of rotatable bonds is 2. The highest BCUT2D eigenvalue weighted by atomic mass is 35.5. The predicted molar refractivity (Wildman–Crippen MR) is 96.9 cm³/mol. The Balaban J connectivity index is 1.60. The first kappa shape index (κ1) is 15.6. The van der Waals surface area contributed by atoms with Crippen LogP contribution in [0, 0.1) is 0 Å². The number of para-hydroxylation sites is 2. The Bertz CT molecular complexity index is 887. The van der Waals surface area contributed by atoms with Gasteiger partial charge < -0.3 is 9.64 Å². The third-order valence-electron chi connectivity index (χ3n) is 4.14. The molecule has 122 valence electrons. The van der Waals surface area contributed by atoms with E-state index in [1.807, 2.05) is 42.6 Å². The van der Waals surface area contributed by atoms with Crippen LogP contribution in [0.5, 0.6) is 0 Å². The monoisotopic (exact) mass is 359 g/mol. The van der Waals surface area contributed by atoms with Crippen molar-refractivity contribution in [1.29, 1.82) is 0 Å². The van der Waals surface area contributed by atoms with Gasteiger partial charge >= 0.3 is 0 Å². The second kappa shape index (κ2) is 6.55. The van der Waals surface area contributed by atoms with E-state index in [2.05, 4.69) is 9.88 Å². The van der Waals surface area contributed by atoms with E-state index in [4.69, 9.17) is 32.9 Å². The summed E-state index contributed by atoms with van der Waals surface area (Å²) in [7, 11) is 0. The molecule has 0 saturated carbocycles. The molecule has 1 saturated heterocycles. The molecule has 2 heterocycles. The lowest BCUT2D eigenvalue weighted by Crippen LogP contribution is -2.38. The van der Waals surface area contributed by atoms with Crippen molar-refractivity contribution in [2.75, 3.05) is 24.6 Å². The van der Waals surface area contributed by atoms with Crippen molar-refractivity contribution in [3.8, 4) is 0 Å². The summed E-state index contributed by atoms with van der Waals surface area (Å²) in [5, 5.41) is 1.09. The molecule has 2 aromatic carbocycles. The van der Waals surface area contributed by atoms with Gasteiger partial charge in [-0.1, -0.05) is 41.4 Å². The zero-order chi connectivity index (χ0) is 16.5. The average molecular weight is 360 g/mol. The van der Waals surface area contributed by atoms with Crippen LogP contribution in [0.3, 0.4) is 0 Å². The summed E-state index contributed by atoms with van der Waals surface area (Å²) in [6, 6.07) is 13.5. The number of halogens is 2. The molecule has 4 nitrogen and oxygen atoms in total. The first-order chi connectivity index (χ1) is 11.7. The van der Waals surface area contributed by atoms with E-state index < -0.39 is 0 Å². The molecule has 4 rings (SSSR count). The maximum absolute atomic E-state index is 6.13. The van der Waals surface area contributed by atoms with E-state index in [0.717, 1.165) is 29.0 Å². The zero-order valence-corrected chi connectivity index (χ0v) is 14.3. The Morgan fingerprint density at radius 3 is 2.71 bits per heavy atom. The molecule has 0 unspecified atom stereocenters. The third kappa shape index (κ3) is 3.05. The highest BCUT2D eigenvalue weighted by molar-refractivity contribution is 6.42. The van der Waals surface area contributed by atoms with Crippen LogP contribution in [-0.4, -0.2) is 29.7 Å². The quantitative estimate of drug-likeness (QED) is 0.674. The van der Waals surface area contributed by atoms with Crippen molar-refractivity contribution in [2.24, 2.45) is 0 Å². The smallest absolute Gasteiger partial charge is 0.148 e. The summed E-state index contributed by atoms with van der Waals surface area (Å²) in [5.41, 5.74) is 2.81. The molecule has 0 spiro atoms. The number of nitrogens with zero attached hydrogens (tertiary/aromatic N) is 3. The Labute approximate surface area is 150 Å². The molecular weight excluding hydrogens is 345 g/mol. The number of aromatic nitrogens is 2. The van der Waals surface area contributed by atoms with Crippen LogP contribution in [0.25, 0.3) is 11.0 Å². The molecule has 3 aromatic rings. The molecule has 0 bridgehead atoms. The molecule has 0 N–H and O–H groups in total. The van der Waals surface area contributed by atoms with Crippen molar-refractivity contribution in [3.05, 3.63) is 64.3 Å². The first-order valence-electron chi connectivity index (χ1n) is 7.74. The van der Waals surface area contributed by atoms with Crippen LogP contribution < -0.4 is 4.90 Å². The molecule has 6 heteroatoms. The molecular formula is C18H15Cl2N3O. The Morgan fingerprint density at radius 2 is 1.88 bits per heavy atom. The van der Waals surface area contributed by atoms with Gasteiger partial charge in [-0.05, 0) is 29.8 Å². The molecule has 0 aliphatic carbocycles. The molecule has 1 aliphatic heterocycles.